The van der Waals surface area contributed by atoms with Gasteiger partial charge in [-0.05, 0) is 43.0 Å². The molecule has 166 valence electrons. The molecule has 1 aromatic carbocycles. The van der Waals surface area contributed by atoms with E-state index in [1.54, 1.807) is 16.7 Å². The molecule has 2 unspecified atom stereocenters. The molecule has 0 bridgehead atoms. The number of benzene rings is 1. The highest BCUT2D eigenvalue weighted by atomic mass is 32.2. The number of carbonyl (C=O) groups excluding carboxylic acids is 2. The predicted molar refractivity (Wildman–Crippen MR) is 111 cm³/mol. The molecule has 3 rings (SSSR count). The second kappa shape index (κ2) is 9.18. The van der Waals surface area contributed by atoms with Gasteiger partial charge in [0, 0.05) is 31.0 Å². The maximum absolute atomic E-state index is 12.7. The summed E-state index contributed by atoms with van der Waals surface area (Å²) in [7, 11) is 0. The number of piperidine rings is 1. The number of alkyl halides is 3. The van der Waals surface area contributed by atoms with Gasteiger partial charge in [-0.3, -0.25) is 14.9 Å². The first-order valence-electron chi connectivity index (χ1n) is 10.3. The zero-order valence-electron chi connectivity index (χ0n) is 17.2. The van der Waals surface area contributed by atoms with E-state index in [0.29, 0.717) is 44.1 Å². The summed E-state index contributed by atoms with van der Waals surface area (Å²) in [6.45, 7) is 5.86. The van der Waals surface area contributed by atoms with Crippen LogP contribution in [0.4, 0.5) is 13.2 Å². The van der Waals surface area contributed by atoms with Gasteiger partial charge < -0.3 is 10.2 Å². The Hall–Kier alpha value is -1.74. The van der Waals surface area contributed by atoms with Crippen molar-refractivity contribution in [3.8, 4) is 0 Å². The maximum atomic E-state index is 12.7. The number of amides is 2. The third-order valence-corrected chi connectivity index (χ3v) is 7.50. The lowest BCUT2D eigenvalue weighted by atomic mass is 10.0. The van der Waals surface area contributed by atoms with Gasteiger partial charge in [-0.1, -0.05) is 20.3 Å². The van der Waals surface area contributed by atoms with Crippen molar-refractivity contribution in [3.63, 3.8) is 0 Å². The first-order valence-corrected chi connectivity index (χ1v) is 11.3. The van der Waals surface area contributed by atoms with Gasteiger partial charge in [0.2, 0.25) is 5.91 Å². The highest BCUT2D eigenvalue weighted by Crippen LogP contribution is 2.39. The van der Waals surface area contributed by atoms with Crippen molar-refractivity contribution in [2.75, 3.05) is 25.4 Å². The van der Waals surface area contributed by atoms with Crippen molar-refractivity contribution in [1.82, 2.24) is 15.5 Å². The van der Waals surface area contributed by atoms with Crippen LogP contribution < -0.4 is 10.6 Å². The zero-order chi connectivity index (χ0) is 21.9. The van der Waals surface area contributed by atoms with E-state index in [1.807, 2.05) is 0 Å². The minimum atomic E-state index is -4.41. The van der Waals surface area contributed by atoms with Gasteiger partial charge in [0.1, 0.15) is 0 Å². The fourth-order valence-electron chi connectivity index (χ4n) is 3.67. The van der Waals surface area contributed by atoms with Gasteiger partial charge in [0.25, 0.3) is 5.91 Å². The fraction of sp³-hybridized carbons (Fsp3) is 0.619. The number of hydrogen-bond acceptors (Lipinski definition) is 4. The second-order valence-electron chi connectivity index (χ2n) is 8.13. The average molecular weight is 444 g/mol. The van der Waals surface area contributed by atoms with E-state index in [2.05, 4.69) is 24.5 Å². The first kappa shape index (κ1) is 22.9. The third-order valence-electron chi connectivity index (χ3n) is 5.92. The lowest BCUT2D eigenvalue weighted by molar-refractivity contribution is -0.137. The molecule has 2 aliphatic rings. The van der Waals surface area contributed by atoms with Crippen molar-refractivity contribution in [1.29, 1.82) is 0 Å². The molecule has 0 radical (unpaired) electrons. The van der Waals surface area contributed by atoms with Crippen LogP contribution >= 0.6 is 11.8 Å². The Balaban J connectivity index is 1.52. The molecule has 0 aromatic heterocycles. The highest BCUT2D eigenvalue weighted by Gasteiger charge is 2.44. The molecule has 1 aromatic rings. The van der Waals surface area contributed by atoms with Gasteiger partial charge in [0.05, 0.1) is 16.5 Å². The lowest BCUT2D eigenvalue weighted by Crippen LogP contribution is -2.54. The monoisotopic (exact) mass is 443 g/mol. The van der Waals surface area contributed by atoms with Crippen LogP contribution in [-0.2, 0) is 11.0 Å². The quantitative estimate of drug-likeness (QED) is 0.731. The van der Waals surface area contributed by atoms with E-state index in [0.717, 1.165) is 18.6 Å². The summed E-state index contributed by atoms with van der Waals surface area (Å²) < 4.78 is 38.1. The molecule has 2 amide bonds. The van der Waals surface area contributed by atoms with Crippen LogP contribution in [0.2, 0.25) is 0 Å². The third kappa shape index (κ3) is 5.29. The molecule has 2 heterocycles. The minimum Gasteiger partial charge on any atom is -0.354 e. The molecule has 2 fully saturated rings. The molecule has 2 N–H and O–H groups in total. The van der Waals surface area contributed by atoms with Crippen LogP contribution in [0, 0.1) is 5.92 Å². The smallest absolute Gasteiger partial charge is 0.354 e. The number of carbonyl (C=O) groups is 2. The Morgan fingerprint density at radius 1 is 1.27 bits per heavy atom. The summed E-state index contributed by atoms with van der Waals surface area (Å²) in [6, 6.07) is 4.10. The van der Waals surface area contributed by atoms with Crippen LogP contribution in [0.15, 0.2) is 24.3 Å². The van der Waals surface area contributed by atoms with Gasteiger partial charge in [0.15, 0.2) is 0 Å². The van der Waals surface area contributed by atoms with Crippen LogP contribution in [-0.4, -0.2) is 53.0 Å². The van der Waals surface area contributed by atoms with Crippen LogP contribution in [0.3, 0.4) is 0 Å². The van der Waals surface area contributed by atoms with E-state index >= 15 is 0 Å². The van der Waals surface area contributed by atoms with E-state index in [4.69, 9.17) is 0 Å². The summed E-state index contributed by atoms with van der Waals surface area (Å²) in [6.07, 6.45) is -2.01. The Labute approximate surface area is 179 Å². The predicted octanol–water partition coefficient (Wildman–Crippen LogP) is 3.51. The van der Waals surface area contributed by atoms with Gasteiger partial charge in [-0.15, -0.1) is 11.8 Å². The fourth-order valence-corrected chi connectivity index (χ4v) is 5.09. The number of nitrogens with one attached hydrogen (secondary N) is 2. The van der Waals surface area contributed by atoms with E-state index in [-0.39, 0.29) is 28.3 Å². The number of nitrogens with zero attached hydrogens (tertiary/aromatic N) is 1. The Bertz CT molecular complexity index is 762. The van der Waals surface area contributed by atoms with Gasteiger partial charge >= 0.3 is 6.18 Å². The van der Waals surface area contributed by atoms with Crippen LogP contribution in [0.5, 0.6) is 0 Å². The molecule has 5 nitrogen and oxygen atoms in total. The minimum absolute atomic E-state index is 0.0166. The molecule has 1 spiro atoms. The summed E-state index contributed by atoms with van der Waals surface area (Å²) in [5.41, 5.74) is -0.505. The van der Waals surface area contributed by atoms with Crippen molar-refractivity contribution < 1.29 is 22.8 Å². The number of rotatable bonds is 5. The van der Waals surface area contributed by atoms with E-state index < -0.39 is 11.7 Å². The molecule has 0 saturated carbocycles. The summed E-state index contributed by atoms with van der Waals surface area (Å²) >= 11 is 1.72. The van der Waals surface area contributed by atoms with E-state index in [1.165, 1.54) is 12.1 Å². The first-order chi connectivity index (χ1) is 14.1. The SMILES string of the molecule is CCC(C)CNC(=O)C1CSC2(CCN(C(=O)c3ccc(C(F)(F)F)cc3)CC2)N1. The zero-order valence-corrected chi connectivity index (χ0v) is 18.0. The van der Waals surface area contributed by atoms with Gasteiger partial charge in [-0.2, -0.15) is 13.2 Å². The maximum Gasteiger partial charge on any atom is 0.416 e. The Morgan fingerprint density at radius 2 is 1.90 bits per heavy atom. The lowest BCUT2D eigenvalue weighted by Gasteiger charge is -2.39. The summed E-state index contributed by atoms with van der Waals surface area (Å²) in [5, 5.41) is 6.46. The van der Waals surface area contributed by atoms with Crippen molar-refractivity contribution in [2.45, 2.75) is 50.2 Å². The number of likely N-dealkylation sites (tertiary alicyclic amines) is 1. The number of halogens is 3. The molecule has 9 heteroatoms. The molecule has 0 aliphatic carbocycles. The summed E-state index contributed by atoms with van der Waals surface area (Å²) in [5.74, 6) is 0.892. The molecule has 2 atom stereocenters. The Morgan fingerprint density at radius 3 is 2.47 bits per heavy atom. The normalized spacial score (nSPS) is 22.2. The highest BCUT2D eigenvalue weighted by molar-refractivity contribution is 8.01. The number of hydrogen-bond donors (Lipinski definition) is 2. The largest absolute Gasteiger partial charge is 0.416 e. The molecule has 30 heavy (non-hydrogen) atoms. The molecule has 2 aliphatic heterocycles. The van der Waals surface area contributed by atoms with Crippen molar-refractivity contribution in [3.05, 3.63) is 35.4 Å². The van der Waals surface area contributed by atoms with Gasteiger partial charge in [-0.25, -0.2) is 0 Å². The summed E-state index contributed by atoms with van der Waals surface area (Å²) in [4.78, 5) is 26.5. The van der Waals surface area contributed by atoms with E-state index in [9.17, 15) is 22.8 Å². The number of thioether (sulfide) groups is 1. The molecular formula is C21H28F3N3O2S. The Kier molecular flexibility index (Phi) is 7.02. The van der Waals surface area contributed by atoms with Crippen LogP contribution in [0.1, 0.15) is 49.0 Å². The molecular weight excluding hydrogens is 415 g/mol. The topological polar surface area (TPSA) is 61.4 Å². The average Bonchev–Trinajstić information content (AvgIpc) is 3.15. The van der Waals surface area contributed by atoms with Crippen molar-refractivity contribution in [2.24, 2.45) is 5.92 Å². The van der Waals surface area contributed by atoms with Crippen molar-refractivity contribution >= 4 is 23.6 Å². The second-order valence-corrected chi connectivity index (χ2v) is 9.53. The molecule has 2 saturated heterocycles. The van der Waals surface area contributed by atoms with Crippen LogP contribution in [0.25, 0.3) is 0 Å². The standard InChI is InChI=1S/C21H28F3N3O2S/c1-3-14(2)12-25-18(28)17-13-30-20(26-17)8-10-27(11-9-20)19(29)15-4-6-16(7-5-15)21(22,23)24/h4-7,14,17,26H,3,8-13H2,1-2H3,(H,25,28).